The predicted molar refractivity (Wildman–Crippen MR) is 134 cm³/mol. The van der Waals surface area contributed by atoms with E-state index in [4.69, 9.17) is 23.2 Å². The molecule has 2 fully saturated rings. The zero-order valence-corrected chi connectivity index (χ0v) is 20.5. The van der Waals surface area contributed by atoms with Crippen molar-refractivity contribution < 1.29 is 28.3 Å². The molecule has 7 nitrogen and oxygen atoms in total. The number of carbonyl (C=O) groups excluding carboxylic acids is 2. The highest BCUT2D eigenvalue weighted by Crippen LogP contribution is 2.61. The SMILES string of the molecule is O=C(Nc1ccc2ccccc2c1)[C@H]1[C@H]2CC(F)(F)CN2[C@]2(C(=O)Nc3c(Cl)cc(Cl)cc32)[C@H]1C(=O)O. The number of halogens is 4. The van der Waals surface area contributed by atoms with Gasteiger partial charge in [0.2, 0.25) is 5.91 Å². The number of carbonyl (C=O) groups is 3. The van der Waals surface area contributed by atoms with E-state index >= 15 is 0 Å². The molecule has 3 aliphatic heterocycles. The molecule has 3 N–H and O–H groups in total. The van der Waals surface area contributed by atoms with Crippen molar-refractivity contribution in [2.45, 2.75) is 23.9 Å². The van der Waals surface area contributed by atoms with Crippen LogP contribution in [-0.4, -0.2) is 46.3 Å². The summed E-state index contributed by atoms with van der Waals surface area (Å²) in [6, 6.07) is 14.1. The topological polar surface area (TPSA) is 98.7 Å². The van der Waals surface area contributed by atoms with E-state index in [2.05, 4.69) is 10.6 Å². The average Bonchev–Trinajstić information content (AvgIpc) is 3.40. The van der Waals surface area contributed by atoms with Crippen molar-refractivity contribution in [3.05, 3.63) is 70.2 Å². The summed E-state index contributed by atoms with van der Waals surface area (Å²) in [4.78, 5) is 41.2. The maximum Gasteiger partial charge on any atom is 0.310 e. The first-order chi connectivity index (χ1) is 17.5. The summed E-state index contributed by atoms with van der Waals surface area (Å²) < 4.78 is 29.7. The molecule has 2 saturated heterocycles. The minimum Gasteiger partial charge on any atom is -0.481 e. The summed E-state index contributed by atoms with van der Waals surface area (Å²) in [5.74, 6) is -9.44. The van der Waals surface area contributed by atoms with E-state index in [0.717, 1.165) is 15.7 Å². The first-order valence-corrected chi connectivity index (χ1v) is 12.3. The van der Waals surface area contributed by atoms with Crippen LogP contribution in [-0.2, 0) is 19.9 Å². The van der Waals surface area contributed by atoms with Crippen molar-refractivity contribution in [2.75, 3.05) is 17.2 Å². The van der Waals surface area contributed by atoms with Crippen molar-refractivity contribution >= 4 is 63.1 Å². The molecule has 4 atom stereocenters. The zero-order valence-electron chi connectivity index (χ0n) is 19.0. The van der Waals surface area contributed by atoms with Crippen LogP contribution in [0, 0.1) is 11.8 Å². The number of hydrogen-bond donors (Lipinski definition) is 3. The second-order valence-electron chi connectivity index (χ2n) is 9.68. The molecule has 1 spiro atoms. The number of nitrogens with one attached hydrogen (secondary N) is 2. The van der Waals surface area contributed by atoms with Crippen molar-refractivity contribution in [3.63, 3.8) is 0 Å². The van der Waals surface area contributed by atoms with Crippen LogP contribution >= 0.6 is 23.2 Å². The molecule has 0 aromatic heterocycles. The van der Waals surface area contributed by atoms with Gasteiger partial charge in [-0.1, -0.05) is 53.5 Å². The zero-order chi connectivity index (χ0) is 26.3. The summed E-state index contributed by atoms with van der Waals surface area (Å²) in [5, 5.41) is 17.6. The van der Waals surface area contributed by atoms with Crippen LogP contribution in [0.5, 0.6) is 0 Å². The average molecular weight is 546 g/mol. The summed E-state index contributed by atoms with van der Waals surface area (Å²) in [6.45, 7) is -0.891. The second kappa shape index (κ2) is 8.11. The first-order valence-electron chi connectivity index (χ1n) is 11.5. The van der Waals surface area contributed by atoms with E-state index < -0.39 is 60.1 Å². The Morgan fingerprint density at radius 3 is 2.54 bits per heavy atom. The number of hydrogen-bond acceptors (Lipinski definition) is 4. The minimum absolute atomic E-state index is 0.0448. The highest BCUT2D eigenvalue weighted by molar-refractivity contribution is 6.38. The number of nitrogens with zero attached hydrogens (tertiary/aromatic N) is 1. The maximum absolute atomic E-state index is 14.8. The first kappa shape index (κ1) is 24.1. The van der Waals surface area contributed by atoms with Gasteiger partial charge in [-0.2, -0.15) is 0 Å². The lowest BCUT2D eigenvalue weighted by molar-refractivity contribution is -0.153. The quantitative estimate of drug-likeness (QED) is 0.431. The Balaban J connectivity index is 1.49. The van der Waals surface area contributed by atoms with E-state index in [1.165, 1.54) is 12.1 Å². The minimum atomic E-state index is -3.24. The van der Waals surface area contributed by atoms with E-state index in [9.17, 15) is 28.3 Å². The standard InChI is InChI=1S/C26H19Cl2F2N3O4/c27-14-8-16-21(17(28)9-14)32-24(37)26(16)20(23(35)36)19(18-10-25(29,30)11-33(18)26)22(34)31-15-6-5-12-3-1-2-4-13(12)7-15/h1-9,18-20H,10-11H2,(H,31,34)(H,32,37)(H,35,36)/t18-,19+,20-,26+/m1/s1. The molecular formula is C26H19Cl2F2N3O4. The van der Waals surface area contributed by atoms with Gasteiger partial charge < -0.3 is 15.7 Å². The van der Waals surface area contributed by atoms with E-state index in [0.29, 0.717) is 5.69 Å². The molecule has 190 valence electrons. The largest absolute Gasteiger partial charge is 0.481 e. The Labute approximate surface area is 219 Å². The fourth-order valence-electron chi connectivity index (χ4n) is 6.29. The third-order valence-electron chi connectivity index (χ3n) is 7.62. The predicted octanol–water partition coefficient (Wildman–Crippen LogP) is 4.97. The van der Waals surface area contributed by atoms with Gasteiger partial charge in [0.15, 0.2) is 0 Å². The number of anilines is 2. The Hall–Kier alpha value is -3.27. The molecule has 0 radical (unpaired) electrons. The van der Waals surface area contributed by atoms with Crippen LogP contribution in [0.3, 0.4) is 0 Å². The molecule has 3 aliphatic rings. The molecule has 0 unspecified atom stereocenters. The van der Waals surface area contributed by atoms with Crippen molar-refractivity contribution in [2.24, 2.45) is 11.8 Å². The number of fused-ring (bicyclic) bond motifs is 5. The van der Waals surface area contributed by atoms with E-state index in [1.54, 1.807) is 18.2 Å². The number of benzene rings is 3. The smallest absolute Gasteiger partial charge is 0.310 e. The van der Waals surface area contributed by atoms with Gasteiger partial charge in [-0.25, -0.2) is 8.78 Å². The molecule has 0 aliphatic carbocycles. The van der Waals surface area contributed by atoms with E-state index in [-0.39, 0.29) is 21.3 Å². The molecule has 3 aromatic rings. The Morgan fingerprint density at radius 2 is 1.81 bits per heavy atom. The molecule has 3 aromatic carbocycles. The summed E-state index contributed by atoms with van der Waals surface area (Å²) >= 11 is 12.5. The number of carboxylic acid groups (broad SMARTS) is 1. The maximum atomic E-state index is 14.8. The molecular weight excluding hydrogens is 527 g/mol. The van der Waals surface area contributed by atoms with Crippen molar-refractivity contribution in [3.8, 4) is 0 Å². The van der Waals surface area contributed by atoms with Gasteiger partial charge in [-0.3, -0.25) is 19.3 Å². The molecule has 0 saturated carbocycles. The van der Waals surface area contributed by atoms with Crippen molar-refractivity contribution in [1.82, 2.24) is 4.90 Å². The van der Waals surface area contributed by atoms with Crippen molar-refractivity contribution in [1.29, 1.82) is 0 Å². The van der Waals surface area contributed by atoms with E-state index in [1.807, 2.05) is 24.3 Å². The van der Waals surface area contributed by atoms with Crippen LogP contribution in [0.2, 0.25) is 10.0 Å². The van der Waals surface area contributed by atoms with Crippen LogP contribution in [0.15, 0.2) is 54.6 Å². The summed E-state index contributed by atoms with van der Waals surface area (Å²) in [6.07, 6.45) is -0.773. The molecule has 2 amide bonds. The monoisotopic (exact) mass is 545 g/mol. The summed E-state index contributed by atoms with van der Waals surface area (Å²) in [7, 11) is 0. The lowest BCUT2D eigenvalue weighted by Gasteiger charge is -2.35. The lowest BCUT2D eigenvalue weighted by Crippen LogP contribution is -2.54. The molecule has 6 rings (SSSR count). The number of amides is 2. The fourth-order valence-corrected chi connectivity index (χ4v) is 6.83. The van der Waals surface area contributed by atoms with Gasteiger partial charge in [0.1, 0.15) is 11.5 Å². The molecule has 11 heteroatoms. The Bertz CT molecular complexity index is 1520. The summed E-state index contributed by atoms with van der Waals surface area (Å²) in [5.41, 5.74) is -1.53. The van der Waals surface area contributed by atoms with Crippen LogP contribution in [0.25, 0.3) is 10.8 Å². The second-order valence-corrected chi connectivity index (χ2v) is 10.5. The molecule has 0 bridgehead atoms. The van der Waals surface area contributed by atoms with Crippen LogP contribution in [0.4, 0.5) is 20.2 Å². The normalized spacial score (nSPS) is 27.8. The van der Waals surface area contributed by atoms with Gasteiger partial charge in [0, 0.05) is 28.7 Å². The molecule has 3 heterocycles. The third kappa shape index (κ3) is 3.44. The highest BCUT2D eigenvalue weighted by atomic mass is 35.5. The Morgan fingerprint density at radius 1 is 1.08 bits per heavy atom. The van der Waals surface area contributed by atoms with Gasteiger partial charge in [-0.05, 0) is 35.0 Å². The Kier molecular flexibility index (Phi) is 5.28. The number of rotatable bonds is 3. The highest BCUT2D eigenvalue weighted by Gasteiger charge is 2.74. The van der Waals surface area contributed by atoms with Gasteiger partial charge in [0.05, 0.1) is 23.2 Å². The van der Waals surface area contributed by atoms with Gasteiger partial charge in [-0.15, -0.1) is 0 Å². The van der Waals surface area contributed by atoms with Gasteiger partial charge in [0.25, 0.3) is 11.8 Å². The molecule has 37 heavy (non-hydrogen) atoms. The van der Waals surface area contributed by atoms with Gasteiger partial charge >= 0.3 is 5.97 Å². The van der Waals surface area contributed by atoms with Crippen LogP contribution in [0.1, 0.15) is 12.0 Å². The number of alkyl halides is 2. The van der Waals surface area contributed by atoms with Crippen LogP contribution < -0.4 is 10.6 Å². The fraction of sp³-hybridized carbons (Fsp3) is 0.269. The third-order valence-corrected chi connectivity index (χ3v) is 8.14. The lowest BCUT2D eigenvalue weighted by atomic mass is 9.73. The number of carboxylic acids is 1. The number of aliphatic carboxylic acids is 1.